The summed E-state index contributed by atoms with van der Waals surface area (Å²) in [5.41, 5.74) is 5.52. The number of hydrogen-bond acceptors (Lipinski definition) is 4. The Hall–Kier alpha value is -0.720. The zero-order chi connectivity index (χ0) is 12.1. The third kappa shape index (κ3) is 4.42. The Bertz CT molecular complexity index is 271. The van der Waals surface area contributed by atoms with Gasteiger partial charge in [-0.2, -0.15) is 0 Å². The van der Waals surface area contributed by atoms with Crippen LogP contribution in [-0.4, -0.2) is 54.2 Å². The van der Waals surface area contributed by atoms with E-state index in [1.807, 2.05) is 18.7 Å². The quantitative estimate of drug-likeness (QED) is 0.654. The lowest BCUT2D eigenvalue weighted by atomic mass is 10.2. The summed E-state index contributed by atoms with van der Waals surface area (Å²) >= 11 is 4.88. The highest BCUT2D eigenvalue weighted by Gasteiger charge is 2.23. The van der Waals surface area contributed by atoms with E-state index in [2.05, 4.69) is 5.32 Å². The SMILES string of the molecule is CC(C)NC(=O)CN1CCOC(C(N)=S)C1. The maximum atomic E-state index is 11.5. The molecule has 1 aliphatic rings. The minimum Gasteiger partial charge on any atom is -0.391 e. The van der Waals surface area contributed by atoms with E-state index in [1.54, 1.807) is 0 Å². The molecule has 1 atom stereocenters. The highest BCUT2D eigenvalue weighted by Crippen LogP contribution is 2.05. The van der Waals surface area contributed by atoms with Crippen molar-refractivity contribution in [3.05, 3.63) is 0 Å². The molecule has 3 N–H and O–H groups in total. The predicted molar refractivity (Wildman–Crippen MR) is 66.2 cm³/mol. The van der Waals surface area contributed by atoms with Gasteiger partial charge in [0.25, 0.3) is 0 Å². The molecule has 0 aromatic carbocycles. The summed E-state index contributed by atoms with van der Waals surface area (Å²) in [6, 6.07) is 0.167. The average molecular weight is 245 g/mol. The highest BCUT2D eigenvalue weighted by molar-refractivity contribution is 7.80. The fourth-order valence-electron chi connectivity index (χ4n) is 1.59. The first-order valence-electron chi connectivity index (χ1n) is 5.41. The van der Waals surface area contributed by atoms with Gasteiger partial charge in [0, 0.05) is 19.1 Å². The van der Waals surface area contributed by atoms with Crippen LogP contribution in [0.4, 0.5) is 0 Å². The first-order valence-corrected chi connectivity index (χ1v) is 5.82. The van der Waals surface area contributed by atoms with Crippen LogP contribution in [0.5, 0.6) is 0 Å². The van der Waals surface area contributed by atoms with Gasteiger partial charge in [-0.25, -0.2) is 0 Å². The lowest BCUT2D eigenvalue weighted by molar-refractivity contribution is -0.124. The summed E-state index contributed by atoms with van der Waals surface area (Å²) in [5.74, 6) is 0.0265. The Kier molecular flexibility index (Phi) is 5.11. The van der Waals surface area contributed by atoms with Gasteiger partial charge in [0.05, 0.1) is 13.2 Å². The molecule has 0 spiro atoms. The van der Waals surface area contributed by atoms with Gasteiger partial charge in [-0.15, -0.1) is 0 Å². The van der Waals surface area contributed by atoms with Gasteiger partial charge in [-0.3, -0.25) is 9.69 Å². The molecule has 1 unspecified atom stereocenters. The fraction of sp³-hybridized carbons (Fsp3) is 0.800. The van der Waals surface area contributed by atoms with Gasteiger partial charge in [-0.1, -0.05) is 12.2 Å². The van der Waals surface area contributed by atoms with Crippen LogP contribution >= 0.6 is 12.2 Å². The molecule has 1 aliphatic heterocycles. The van der Waals surface area contributed by atoms with Gasteiger partial charge in [0.2, 0.25) is 5.91 Å². The maximum absolute atomic E-state index is 11.5. The normalized spacial score (nSPS) is 22.1. The van der Waals surface area contributed by atoms with Gasteiger partial charge in [-0.05, 0) is 13.8 Å². The van der Waals surface area contributed by atoms with Crippen molar-refractivity contribution < 1.29 is 9.53 Å². The first kappa shape index (κ1) is 13.3. The van der Waals surface area contributed by atoms with Crippen LogP contribution in [0.1, 0.15) is 13.8 Å². The van der Waals surface area contributed by atoms with Crippen molar-refractivity contribution in [1.82, 2.24) is 10.2 Å². The van der Waals surface area contributed by atoms with E-state index in [9.17, 15) is 4.79 Å². The molecule has 92 valence electrons. The summed E-state index contributed by atoms with van der Waals surface area (Å²) < 4.78 is 5.39. The van der Waals surface area contributed by atoms with E-state index in [1.165, 1.54) is 0 Å². The molecule has 0 aliphatic carbocycles. The Morgan fingerprint density at radius 3 is 2.94 bits per heavy atom. The Balaban J connectivity index is 2.37. The Labute approximate surface area is 101 Å². The molecule has 1 amide bonds. The number of nitrogens with one attached hydrogen (secondary N) is 1. The number of nitrogens with zero attached hydrogens (tertiary/aromatic N) is 1. The molecule has 0 saturated carbocycles. The number of carbonyl (C=O) groups excluding carboxylic acids is 1. The zero-order valence-corrected chi connectivity index (χ0v) is 10.5. The van der Waals surface area contributed by atoms with Crippen LogP contribution in [0.25, 0.3) is 0 Å². The minimum absolute atomic E-state index is 0.0265. The molecule has 16 heavy (non-hydrogen) atoms. The number of ether oxygens (including phenoxy) is 1. The number of rotatable bonds is 4. The molecule has 5 nitrogen and oxygen atoms in total. The van der Waals surface area contributed by atoms with Crippen molar-refractivity contribution in [3.63, 3.8) is 0 Å². The van der Waals surface area contributed by atoms with Gasteiger partial charge < -0.3 is 15.8 Å². The number of morpholine rings is 1. The Morgan fingerprint density at radius 2 is 2.38 bits per heavy atom. The van der Waals surface area contributed by atoms with Crippen LogP contribution < -0.4 is 11.1 Å². The molecular weight excluding hydrogens is 226 g/mol. The van der Waals surface area contributed by atoms with E-state index >= 15 is 0 Å². The molecular formula is C10H19N3O2S. The van der Waals surface area contributed by atoms with E-state index < -0.39 is 0 Å². The summed E-state index contributed by atoms with van der Waals surface area (Å²) in [4.78, 5) is 13.9. The van der Waals surface area contributed by atoms with E-state index in [-0.39, 0.29) is 18.1 Å². The Morgan fingerprint density at radius 1 is 1.69 bits per heavy atom. The lowest BCUT2D eigenvalue weighted by Gasteiger charge is -2.31. The fourth-order valence-corrected chi connectivity index (χ4v) is 1.73. The average Bonchev–Trinajstić information content (AvgIpc) is 2.16. The van der Waals surface area contributed by atoms with E-state index in [0.29, 0.717) is 24.7 Å². The molecule has 0 aromatic heterocycles. The van der Waals surface area contributed by atoms with Crippen molar-refractivity contribution in [2.45, 2.75) is 26.0 Å². The largest absolute Gasteiger partial charge is 0.391 e. The smallest absolute Gasteiger partial charge is 0.234 e. The molecule has 1 saturated heterocycles. The van der Waals surface area contributed by atoms with Crippen molar-refractivity contribution in [3.8, 4) is 0 Å². The lowest BCUT2D eigenvalue weighted by Crippen LogP contribution is -2.51. The second kappa shape index (κ2) is 6.12. The number of carbonyl (C=O) groups is 1. The number of hydrogen-bond donors (Lipinski definition) is 2. The summed E-state index contributed by atoms with van der Waals surface area (Å²) in [6.07, 6.45) is -0.226. The monoisotopic (exact) mass is 245 g/mol. The van der Waals surface area contributed by atoms with Gasteiger partial charge in [0.15, 0.2) is 0 Å². The van der Waals surface area contributed by atoms with Crippen LogP contribution in [0.2, 0.25) is 0 Å². The minimum atomic E-state index is -0.226. The molecule has 0 radical (unpaired) electrons. The van der Waals surface area contributed by atoms with Crippen molar-refractivity contribution >= 4 is 23.1 Å². The zero-order valence-electron chi connectivity index (χ0n) is 9.73. The summed E-state index contributed by atoms with van der Waals surface area (Å²) in [5, 5.41) is 2.85. The van der Waals surface area contributed by atoms with E-state index in [0.717, 1.165) is 6.54 Å². The number of thiocarbonyl (C=S) groups is 1. The molecule has 1 rings (SSSR count). The van der Waals surface area contributed by atoms with E-state index in [4.69, 9.17) is 22.7 Å². The van der Waals surface area contributed by atoms with Crippen molar-refractivity contribution in [1.29, 1.82) is 0 Å². The van der Waals surface area contributed by atoms with Crippen LogP contribution in [-0.2, 0) is 9.53 Å². The van der Waals surface area contributed by atoms with Crippen LogP contribution in [0.3, 0.4) is 0 Å². The highest BCUT2D eigenvalue weighted by atomic mass is 32.1. The third-order valence-corrected chi connectivity index (χ3v) is 2.55. The second-order valence-corrected chi connectivity index (χ2v) is 4.69. The second-order valence-electron chi connectivity index (χ2n) is 4.22. The van der Waals surface area contributed by atoms with Crippen molar-refractivity contribution in [2.75, 3.05) is 26.2 Å². The molecule has 6 heteroatoms. The third-order valence-electron chi connectivity index (χ3n) is 2.28. The first-order chi connectivity index (χ1) is 7.49. The molecule has 1 heterocycles. The predicted octanol–water partition coefficient (Wildman–Crippen LogP) is -0.502. The molecule has 0 aromatic rings. The summed E-state index contributed by atoms with van der Waals surface area (Å²) in [6.45, 7) is 6.16. The summed E-state index contributed by atoms with van der Waals surface area (Å²) in [7, 11) is 0. The van der Waals surface area contributed by atoms with Crippen LogP contribution in [0, 0.1) is 0 Å². The van der Waals surface area contributed by atoms with Crippen LogP contribution in [0.15, 0.2) is 0 Å². The topological polar surface area (TPSA) is 67.6 Å². The van der Waals surface area contributed by atoms with Crippen molar-refractivity contribution in [2.24, 2.45) is 5.73 Å². The molecule has 0 bridgehead atoms. The van der Waals surface area contributed by atoms with Gasteiger partial charge >= 0.3 is 0 Å². The maximum Gasteiger partial charge on any atom is 0.234 e. The molecule has 1 fully saturated rings. The number of nitrogens with two attached hydrogens (primary N) is 1. The number of amides is 1. The standard InChI is InChI=1S/C10H19N3O2S/c1-7(2)12-9(14)6-13-3-4-15-8(5-13)10(11)16/h7-8H,3-6H2,1-2H3,(H2,11,16)(H,12,14). The van der Waals surface area contributed by atoms with Gasteiger partial charge in [0.1, 0.15) is 11.1 Å².